The van der Waals surface area contributed by atoms with Crippen molar-refractivity contribution in [1.29, 1.82) is 0 Å². The predicted octanol–water partition coefficient (Wildman–Crippen LogP) is 5.14. The lowest BCUT2D eigenvalue weighted by atomic mass is 10.2. The van der Waals surface area contributed by atoms with Crippen LogP contribution in [0, 0.1) is 5.82 Å². The van der Waals surface area contributed by atoms with Crippen LogP contribution in [0.1, 0.15) is 17.3 Å². The number of halogens is 2. The van der Waals surface area contributed by atoms with Gasteiger partial charge in [0.25, 0.3) is 11.8 Å². The van der Waals surface area contributed by atoms with Gasteiger partial charge in [0.1, 0.15) is 11.6 Å². The largest absolute Gasteiger partial charge is 0.481 e. The molecule has 29 heavy (non-hydrogen) atoms. The maximum absolute atomic E-state index is 13.1. The van der Waals surface area contributed by atoms with Crippen molar-refractivity contribution in [3.05, 3.63) is 89.2 Å². The van der Waals surface area contributed by atoms with Crippen LogP contribution in [0.5, 0.6) is 5.75 Å². The Morgan fingerprint density at radius 3 is 2.31 bits per heavy atom. The van der Waals surface area contributed by atoms with Gasteiger partial charge in [-0.15, -0.1) is 0 Å². The quantitative estimate of drug-likeness (QED) is 0.589. The molecule has 2 N–H and O–H groups in total. The van der Waals surface area contributed by atoms with Crippen molar-refractivity contribution in [2.75, 3.05) is 10.6 Å². The topological polar surface area (TPSA) is 67.4 Å². The van der Waals surface area contributed by atoms with Gasteiger partial charge < -0.3 is 15.4 Å². The molecule has 2 amide bonds. The lowest BCUT2D eigenvalue weighted by molar-refractivity contribution is -0.122. The highest BCUT2D eigenvalue weighted by Gasteiger charge is 2.16. The van der Waals surface area contributed by atoms with Gasteiger partial charge in [0, 0.05) is 11.3 Å². The highest BCUT2D eigenvalue weighted by molar-refractivity contribution is 6.33. The molecule has 0 unspecified atom stereocenters. The molecule has 7 heteroatoms. The molecule has 148 valence electrons. The first-order valence-electron chi connectivity index (χ1n) is 8.81. The summed E-state index contributed by atoms with van der Waals surface area (Å²) in [4.78, 5) is 24.4. The maximum atomic E-state index is 13.1. The first-order chi connectivity index (χ1) is 13.9. The Morgan fingerprint density at radius 2 is 1.66 bits per heavy atom. The molecule has 0 aliphatic heterocycles. The van der Waals surface area contributed by atoms with Gasteiger partial charge in [-0.2, -0.15) is 0 Å². The van der Waals surface area contributed by atoms with E-state index in [9.17, 15) is 14.0 Å². The number of nitrogens with one attached hydrogen (secondary N) is 2. The minimum Gasteiger partial charge on any atom is -0.481 e. The summed E-state index contributed by atoms with van der Waals surface area (Å²) in [5, 5.41) is 5.48. The maximum Gasteiger partial charge on any atom is 0.265 e. The average Bonchev–Trinajstić information content (AvgIpc) is 2.72. The van der Waals surface area contributed by atoms with E-state index >= 15 is 0 Å². The van der Waals surface area contributed by atoms with Crippen molar-refractivity contribution in [3.8, 4) is 5.75 Å². The van der Waals surface area contributed by atoms with Gasteiger partial charge in [0.05, 0.1) is 10.7 Å². The second kappa shape index (κ2) is 9.21. The Kier molecular flexibility index (Phi) is 6.46. The fourth-order valence-electron chi connectivity index (χ4n) is 2.49. The molecule has 1 atom stereocenters. The lowest BCUT2D eigenvalue weighted by Gasteiger charge is -2.16. The summed E-state index contributed by atoms with van der Waals surface area (Å²) in [5.74, 6) is -0.685. The monoisotopic (exact) mass is 412 g/mol. The normalized spacial score (nSPS) is 11.4. The summed E-state index contributed by atoms with van der Waals surface area (Å²) in [6, 6.07) is 19.2. The molecule has 3 aromatic rings. The molecule has 0 heterocycles. The van der Waals surface area contributed by atoms with Crippen LogP contribution >= 0.6 is 11.6 Å². The van der Waals surface area contributed by atoms with Gasteiger partial charge in [0.2, 0.25) is 0 Å². The smallest absolute Gasteiger partial charge is 0.265 e. The number of carbonyl (C=O) groups excluding carboxylic acids is 2. The van der Waals surface area contributed by atoms with E-state index in [-0.39, 0.29) is 10.9 Å². The Morgan fingerprint density at radius 1 is 0.966 bits per heavy atom. The van der Waals surface area contributed by atoms with Crippen LogP contribution in [0.3, 0.4) is 0 Å². The summed E-state index contributed by atoms with van der Waals surface area (Å²) in [5.41, 5.74) is 1.45. The molecule has 0 fully saturated rings. The van der Waals surface area contributed by atoms with E-state index in [0.29, 0.717) is 22.7 Å². The zero-order chi connectivity index (χ0) is 20.8. The van der Waals surface area contributed by atoms with Crippen LogP contribution in [-0.2, 0) is 4.79 Å². The summed E-state index contributed by atoms with van der Waals surface area (Å²) in [6.07, 6.45) is -0.819. The number of hydrogen-bond acceptors (Lipinski definition) is 3. The van der Waals surface area contributed by atoms with Crippen LogP contribution in [0.25, 0.3) is 0 Å². The lowest BCUT2D eigenvalue weighted by Crippen LogP contribution is -2.30. The van der Waals surface area contributed by atoms with Crippen LogP contribution < -0.4 is 15.4 Å². The third kappa shape index (κ3) is 5.56. The highest BCUT2D eigenvalue weighted by Crippen LogP contribution is 2.23. The molecular weight excluding hydrogens is 395 g/mol. The number of benzene rings is 3. The third-order valence-corrected chi connectivity index (χ3v) is 4.33. The molecule has 0 saturated heterocycles. The Balaban J connectivity index is 1.57. The van der Waals surface area contributed by atoms with E-state index in [1.54, 1.807) is 55.5 Å². The van der Waals surface area contributed by atoms with E-state index in [1.165, 1.54) is 12.1 Å². The standard InChI is InChI=1S/C22H18ClFN2O3/c1-14(21(27)26-20-12-7-16(24)13-19(20)23)29-18-10-8-17(9-11-18)25-22(28)15-5-3-2-4-6-15/h2-14H,1H3,(H,25,28)(H,26,27)/t14-/m1/s1. The van der Waals surface area contributed by atoms with Crippen LogP contribution in [0.2, 0.25) is 5.02 Å². The molecule has 5 nitrogen and oxygen atoms in total. The van der Waals surface area contributed by atoms with E-state index in [0.717, 1.165) is 6.07 Å². The van der Waals surface area contributed by atoms with Gasteiger partial charge in [-0.25, -0.2) is 4.39 Å². The molecular formula is C22H18ClFN2O3. The van der Waals surface area contributed by atoms with Crippen molar-refractivity contribution < 1.29 is 18.7 Å². The van der Waals surface area contributed by atoms with Gasteiger partial charge >= 0.3 is 0 Å². The van der Waals surface area contributed by atoms with Crippen LogP contribution in [0.15, 0.2) is 72.8 Å². The zero-order valence-corrected chi connectivity index (χ0v) is 16.2. The minimum absolute atomic E-state index is 0.101. The molecule has 0 aliphatic carbocycles. The fraction of sp³-hybridized carbons (Fsp3) is 0.0909. The van der Waals surface area contributed by atoms with Crippen molar-refractivity contribution in [3.63, 3.8) is 0 Å². The fourth-order valence-corrected chi connectivity index (χ4v) is 2.71. The second-order valence-corrected chi connectivity index (χ2v) is 6.63. The first kappa shape index (κ1) is 20.4. The number of amides is 2. The Hall–Kier alpha value is -3.38. The number of carbonyl (C=O) groups is 2. The number of rotatable bonds is 6. The van der Waals surface area contributed by atoms with Crippen molar-refractivity contribution in [2.24, 2.45) is 0 Å². The molecule has 0 saturated carbocycles. The molecule has 3 aromatic carbocycles. The van der Waals surface area contributed by atoms with Crippen LogP contribution in [-0.4, -0.2) is 17.9 Å². The van der Waals surface area contributed by atoms with Crippen molar-refractivity contribution in [2.45, 2.75) is 13.0 Å². The molecule has 0 aromatic heterocycles. The number of anilines is 2. The zero-order valence-electron chi connectivity index (χ0n) is 15.5. The molecule has 3 rings (SSSR count). The van der Waals surface area contributed by atoms with E-state index in [1.807, 2.05) is 6.07 Å². The van der Waals surface area contributed by atoms with E-state index < -0.39 is 17.8 Å². The van der Waals surface area contributed by atoms with E-state index in [2.05, 4.69) is 10.6 Å². The van der Waals surface area contributed by atoms with Gasteiger partial charge in [-0.3, -0.25) is 9.59 Å². The minimum atomic E-state index is -0.819. The summed E-state index contributed by atoms with van der Waals surface area (Å²) < 4.78 is 18.7. The molecule has 0 spiro atoms. The summed E-state index contributed by atoms with van der Waals surface area (Å²) >= 11 is 5.91. The van der Waals surface area contributed by atoms with Crippen molar-refractivity contribution >= 4 is 34.8 Å². The van der Waals surface area contributed by atoms with Gasteiger partial charge in [-0.1, -0.05) is 29.8 Å². The SMILES string of the molecule is C[C@@H](Oc1ccc(NC(=O)c2ccccc2)cc1)C(=O)Nc1ccc(F)cc1Cl. The van der Waals surface area contributed by atoms with E-state index in [4.69, 9.17) is 16.3 Å². The molecule has 0 radical (unpaired) electrons. The third-order valence-electron chi connectivity index (χ3n) is 4.02. The number of ether oxygens (including phenoxy) is 1. The van der Waals surface area contributed by atoms with Gasteiger partial charge in [-0.05, 0) is 61.5 Å². The second-order valence-electron chi connectivity index (χ2n) is 6.22. The molecule has 0 aliphatic rings. The van der Waals surface area contributed by atoms with Crippen LogP contribution in [0.4, 0.5) is 15.8 Å². The van der Waals surface area contributed by atoms with Crippen molar-refractivity contribution in [1.82, 2.24) is 0 Å². The average molecular weight is 413 g/mol. The first-order valence-corrected chi connectivity index (χ1v) is 9.19. The predicted molar refractivity (Wildman–Crippen MR) is 111 cm³/mol. The number of hydrogen-bond donors (Lipinski definition) is 2. The Bertz CT molecular complexity index is 1010. The Labute approximate surface area is 172 Å². The van der Waals surface area contributed by atoms with Gasteiger partial charge in [0.15, 0.2) is 6.10 Å². The molecule has 0 bridgehead atoms. The highest BCUT2D eigenvalue weighted by atomic mass is 35.5. The summed E-state index contributed by atoms with van der Waals surface area (Å²) in [6.45, 7) is 1.58. The summed E-state index contributed by atoms with van der Waals surface area (Å²) in [7, 11) is 0.